The summed E-state index contributed by atoms with van der Waals surface area (Å²) in [6, 6.07) is -1.32. The van der Waals surface area contributed by atoms with Crippen LogP contribution in [0.3, 0.4) is 0 Å². The Hall–Kier alpha value is 0.0800. The highest BCUT2D eigenvalue weighted by atomic mass is 35.5. The third kappa shape index (κ3) is 4.79. The molecule has 0 radical (unpaired) electrons. The van der Waals surface area contributed by atoms with Crippen molar-refractivity contribution < 1.29 is 9.85 Å². The fraction of sp³-hybridized carbons (Fsp3) is 1.00. The average molecular weight is 389 g/mol. The first kappa shape index (κ1) is 18.4. The topological polar surface area (TPSA) is 86.3 Å². The smallest absolute Gasteiger partial charge is 0.227 e. The molecule has 0 saturated heterocycles. The molecule has 0 N–H and O–H groups in total. The van der Waals surface area contributed by atoms with Crippen molar-refractivity contribution in [3.05, 3.63) is 20.2 Å². The van der Waals surface area contributed by atoms with Gasteiger partial charge in [0, 0.05) is 33.4 Å². The predicted octanol–water partition coefficient (Wildman–Crippen LogP) is 3.98. The van der Waals surface area contributed by atoms with E-state index in [1.54, 1.807) is 0 Å². The van der Waals surface area contributed by atoms with Crippen LogP contribution in [0.1, 0.15) is 38.5 Å². The number of nitrogens with zero attached hydrogens (tertiary/aromatic N) is 2. The van der Waals surface area contributed by atoms with Crippen molar-refractivity contribution in [3.63, 3.8) is 0 Å². The monoisotopic (exact) mass is 388 g/mol. The van der Waals surface area contributed by atoms with Crippen molar-refractivity contribution in [1.82, 2.24) is 0 Å². The van der Waals surface area contributed by atoms with Crippen molar-refractivity contribution in [3.8, 4) is 0 Å². The number of rotatable bonds is 5. The molecular formula is C12H18Cl2N2O4S2. The second kappa shape index (κ2) is 8.26. The van der Waals surface area contributed by atoms with Gasteiger partial charge in [-0.3, -0.25) is 20.2 Å². The molecule has 0 spiro atoms. The molecule has 6 atom stereocenters. The molecule has 6 nitrogen and oxygen atoms in total. The van der Waals surface area contributed by atoms with E-state index in [0.717, 1.165) is 12.8 Å². The zero-order valence-electron chi connectivity index (χ0n) is 11.8. The molecule has 2 saturated carbocycles. The molecule has 0 aromatic carbocycles. The van der Waals surface area contributed by atoms with Gasteiger partial charge < -0.3 is 0 Å². The van der Waals surface area contributed by atoms with Crippen LogP contribution in [-0.4, -0.2) is 43.2 Å². The van der Waals surface area contributed by atoms with E-state index < -0.39 is 12.1 Å². The van der Waals surface area contributed by atoms with Gasteiger partial charge in [-0.25, -0.2) is 0 Å². The van der Waals surface area contributed by atoms with Crippen LogP contribution in [0.5, 0.6) is 0 Å². The fourth-order valence-corrected chi connectivity index (χ4v) is 7.20. The lowest BCUT2D eigenvalue weighted by atomic mass is 9.95. The molecule has 0 aliphatic heterocycles. The van der Waals surface area contributed by atoms with Gasteiger partial charge in [0.15, 0.2) is 0 Å². The van der Waals surface area contributed by atoms with E-state index in [1.807, 2.05) is 0 Å². The van der Waals surface area contributed by atoms with Gasteiger partial charge >= 0.3 is 0 Å². The molecule has 0 unspecified atom stereocenters. The standard InChI is InChI=1S/C12H18Cl2N2O4S2/c13-7-1-3-11(9(5-7)15(17)18)21-22-12-4-2-8(14)6-10(12)16(19)20/h7-12H,1-6H2/t7-,8+,9-,10+,11-,12-/m1/s1. The van der Waals surface area contributed by atoms with Gasteiger partial charge in [0.1, 0.15) is 0 Å². The van der Waals surface area contributed by atoms with E-state index in [0.29, 0.717) is 25.7 Å². The lowest BCUT2D eigenvalue weighted by Gasteiger charge is -2.31. The Kier molecular flexibility index (Phi) is 6.91. The van der Waals surface area contributed by atoms with Gasteiger partial charge in [-0.15, -0.1) is 23.2 Å². The summed E-state index contributed by atoms with van der Waals surface area (Å²) in [5, 5.41) is 21.8. The summed E-state index contributed by atoms with van der Waals surface area (Å²) in [7, 11) is 2.87. The van der Waals surface area contributed by atoms with Crippen LogP contribution in [-0.2, 0) is 0 Å². The van der Waals surface area contributed by atoms with E-state index in [9.17, 15) is 20.2 Å². The van der Waals surface area contributed by atoms with Gasteiger partial charge in [-0.05, 0) is 25.7 Å². The largest absolute Gasteiger partial charge is 0.264 e. The van der Waals surface area contributed by atoms with Crippen LogP contribution in [0.25, 0.3) is 0 Å². The van der Waals surface area contributed by atoms with Gasteiger partial charge in [-0.2, -0.15) is 0 Å². The summed E-state index contributed by atoms with van der Waals surface area (Å²) < 4.78 is 0. The maximum absolute atomic E-state index is 11.2. The molecule has 0 amide bonds. The Bertz CT molecular complexity index is 394. The summed E-state index contributed by atoms with van der Waals surface area (Å²) >= 11 is 12.1. The van der Waals surface area contributed by atoms with E-state index in [4.69, 9.17) is 23.2 Å². The highest BCUT2D eigenvalue weighted by molar-refractivity contribution is 8.77. The van der Waals surface area contributed by atoms with E-state index in [1.165, 1.54) is 21.6 Å². The first-order valence-electron chi connectivity index (χ1n) is 7.25. The molecule has 2 aliphatic carbocycles. The number of nitro groups is 2. The summed E-state index contributed by atoms with van der Waals surface area (Å²) in [4.78, 5) is 21.8. The minimum atomic E-state index is -0.660. The first-order chi connectivity index (χ1) is 10.4. The van der Waals surface area contributed by atoms with E-state index in [-0.39, 0.29) is 31.1 Å². The lowest BCUT2D eigenvalue weighted by Crippen LogP contribution is -2.40. The van der Waals surface area contributed by atoms with Gasteiger partial charge in [0.05, 0.1) is 10.5 Å². The molecule has 10 heteroatoms. The summed E-state index contributed by atoms with van der Waals surface area (Å²) in [6.45, 7) is 0. The number of halogens is 2. The maximum Gasteiger partial charge on any atom is 0.227 e. The van der Waals surface area contributed by atoms with E-state index in [2.05, 4.69) is 0 Å². The van der Waals surface area contributed by atoms with Crippen molar-refractivity contribution in [2.75, 3.05) is 0 Å². The second-order valence-corrected chi connectivity index (χ2v) is 9.78. The Labute approximate surface area is 146 Å². The zero-order valence-corrected chi connectivity index (χ0v) is 15.0. The Morgan fingerprint density at radius 1 is 0.773 bits per heavy atom. The summed E-state index contributed by atoms with van der Waals surface area (Å²) in [5.74, 6) is 0. The lowest BCUT2D eigenvalue weighted by molar-refractivity contribution is -0.524. The minimum Gasteiger partial charge on any atom is -0.264 e. The Morgan fingerprint density at radius 2 is 1.14 bits per heavy atom. The molecule has 2 rings (SSSR count). The molecule has 0 bridgehead atoms. The van der Waals surface area contributed by atoms with Crippen LogP contribution < -0.4 is 0 Å². The molecule has 0 aromatic rings. The van der Waals surface area contributed by atoms with Crippen molar-refractivity contribution in [2.45, 2.75) is 71.9 Å². The second-order valence-electron chi connectivity index (χ2n) is 5.80. The highest BCUT2D eigenvalue weighted by Gasteiger charge is 2.42. The summed E-state index contributed by atoms with van der Waals surface area (Å²) in [6.07, 6.45) is 3.64. The molecule has 22 heavy (non-hydrogen) atoms. The Balaban J connectivity index is 1.92. The molecule has 0 heterocycles. The molecular weight excluding hydrogens is 371 g/mol. The van der Waals surface area contributed by atoms with Crippen molar-refractivity contribution >= 4 is 44.8 Å². The average Bonchev–Trinajstić information content (AvgIpc) is 2.46. The maximum atomic E-state index is 11.2. The number of hydrogen-bond acceptors (Lipinski definition) is 6. The van der Waals surface area contributed by atoms with Gasteiger partial charge in [0.2, 0.25) is 12.1 Å². The number of alkyl halides is 2. The van der Waals surface area contributed by atoms with E-state index >= 15 is 0 Å². The molecule has 126 valence electrons. The molecule has 2 aliphatic rings. The van der Waals surface area contributed by atoms with Gasteiger partial charge in [0.25, 0.3) is 0 Å². The Morgan fingerprint density at radius 3 is 1.45 bits per heavy atom. The van der Waals surface area contributed by atoms with Crippen LogP contribution in [0, 0.1) is 20.2 Å². The van der Waals surface area contributed by atoms with Crippen molar-refractivity contribution in [2.24, 2.45) is 0 Å². The van der Waals surface area contributed by atoms with Crippen molar-refractivity contribution in [1.29, 1.82) is 0 Å². The van der Waals surface area contributed by atoms with Crippen LogP contribution in [0.2, 0.25) is 0 Å². The SMILES string of the molecule is O=[N+]([O-])[C@@H]1C[C@H](Cl)CC[C@H]1SS[C@@H]1CC[C@H](Cl)C[C@@H]1[N+](=O)[O-]. The van der Waals surface area contributed by atoms with Gasteiger partial charge in [-0.1, -0.05) is 21.6 Å². The third-order valence-electron chi connectivity index (χ3n) is 4.23. The first-order valence-corrected chi connectivity index (χ1v) is 10.4. The molecule has 0 aromatic heterocycles. The van der Waals surface area contributed by atoms with Crippen LogP contribution >= 0.6 is 44.8 Å². The minimum absolute atomic E-state index is 0.129. The quantitative estimate of drug-likeness (QED) is 0.306. The third-order valence-corrected chi connectivity index (χ3v) is 8.54. The fourth-order valence-electron chi connectivity index (χ4n) is 2.95. The molecule has 2 fully saturated rings. The van der Waals surface area contributed by atoms with Crippen LogP contribution in [0.15, 0.2) is 0 Å². The highest BCUT2D eigenvalue weighted by Crippen LogP contribution is 2.44. The van der Waals surface area contributed by atoms with Crippen LogP contribution in [0.4, 0.5) is 0 Å². The zero-order chi connectivity index (χ0) is 16.3. The number of hydrogen-bond donors (Lipinski definition) is 0. The summed E-state index contributed by atoms with van der Waals surface area (Å²) in [5.41, 5.74) is 0. The predicted molar refractivity (Wildman–Crippen MR) is 91.3 cm³/mol. The normalized spacial score (nSPS) is 39.4.